The fourth-order valence-electron chi connectivity index (χ4n) is 1.79. The smallest absolute Gasteiger partial charge is 0.221 e. The first kappa shape index (κ1) is 16.8. The lowest BCUT2D eigenvalue weighted by atomic mass is 10.00. The Labute approximate surface area is 125 Å². The van der Waals surface area contributed by atoms with Gasteiger partial charge in [-0.2, -0.15) is 0 Å². The van der Waals surface area contributed by atoms with Crippen LogP contribution in [-0.2, 0) is 4.79 Å². The number of amides is 1. The summed E-state index contributed by atoms with van der Waals surface area (Å²) in [7, 11) is 0. The first-order valence-corrected chi connectivity index (χ1v) is 7.92. The number of nitrogens with one attached hydrogen (secondary N) is 1. The van der Waals surface area contributed by atoms with Crippen LogP contribution in [0.25, 0.3) is 0 Å². The topological polar surface area (TPSA) is 46.2 Å². The highest BCUT2D eigenvalue weighted by Gasteiger charge is 2.28. The minimum atomic E-state index is -0.412. The van der Waals surface area contributed by atoms with E-state index in [0.29, 0.717) is 11.3 Å². The highest BCUT2D eigenvalue weighted by atomic mass is 32.2. The van der Waals surface area contributed by atoms with E-state index < -0.39 is 4.75 Å². The van der Waals surface area contributed by atoms with Crippen molar-refractivity contribution >= 4 is 29.1 Å². The highest BCUT2D eigenvalue weighted by Crippen LogP contribution is 2.29. The second-order valence-electron chi connectivity index (χ2n) is 5.30. The third kappa shape index (κ3) is 5.00. The maximum atomic E-state index is 12.5. The van der Waals surface area contributed by atoms with Gasteiger partial charge in [-0.3, -0.25) is 9.59 Å². The van der Waals surface area contributed by atoms with E-state index in [-0.39, 0.29) is 11.7 Å². The summed E-state index contributed by atoms with van der Waals surface area (Å²) in [6.07, 6.45) is 2.27. The van der Waals surface area contributed by atoms with Crippen LogP contribution in [0.2, 0.25) is 0 Å². The van der Waals surface area contributed by atoms with Crippen LogP contribution < -0.4 is 5.32 Å². The summed E-state index contributed by atoms with van der Waals surface area (Å²) in [5, 5.41) is 2.70. The fraction of sp³-hybridized carbons (Fsp3) is 0.500. The van der Waals surface area contributed by atoms with E-state index in [4.69, 9.17) is 0 Å². The van der Waals surface area contributed by atoms with E-state index in [1.807, 2.05) is 13.8 Å². The van der Waals surface area contributed by atoms with Gasteiger partial charge in [0.15, 0.2) is 5.78 Å². The molecule has 0 radical (unpaired) electrons. The number of rotatable bonds is 7. The van der Waals surface area contributed by atoms with Crippen molar-refractivity contribution in [1.29, 1.82) is 0 Å². The van der Waals surface area contributed by atoms with Gasteiger partial charge in [-0.25, -0.2) is 0 Å². The van der Waals surface area contributed by atoms with Gasteiger partial charge in [-0.15, -0.1) is 11.8 Å². The number of carbonyl (C=O) groups excluding carboxylic acids is 2. The van der Waals surface area contributed by atoms with Gasteiger partial charge in [-0.1, -0.05) is 13.3 Å². The van der Waals surface area contributed by atoms with Gasteiger partial charge >= 0.3 is 0 Å². The van der Waals surface area contributed by atoms with Gasteiger partial charge in [-0.05, 0) is 50.3 Å². The molecule has 1 amide bonds. The molecule has 0 atom stereocenters. The number of thioether (sulfide) groups is 1. The molecule has 0 bridgehead atoms. The number of hydrogen-bond acceptors (Lipinski definition) is 3. The molecule has 0 aromatic heterocycles. The molecular weight excluding hydrogens is 270 g/mol. The average molecular weight is 293 g/mol. The van der Waals surface area contributed by atoms with Gasteiger partial charge in [0.1, 0.15) is 0 Å². The Kier molecular flexibility index (Phi) is 6.27. The van der Waals surface area contributed by atoms with Crippen molar-refractivity contribution in [2.45, 2.75) is 45.3 Å². The molecule has 0 fully saturated rings. The first-order chi connectivity index (χ1) is 9.36. The standard InChI is InChI=1S/C16H23NO2S/c1-5-6-11-20-16(3,4)15(19)13-7-9-14(10-8-13)17-12(2)18/h7-10H,5-6,11H2,1-4H3,(H,17,18). The predicted molar refractivity (Wildman–Crippen MR) is 86.5 cm³/mol. The summed E-state index contributed by atoms with van der Waals surface area (Å²) < 4.78 is -0.412. The molecule has 20 heavy (non-hydrogen) atoms. The van der Waals surface area contributed by atoms with Crippen molar-refractivity contribution < 1.29 is 9.59 Å². The van der Waals surface area contributed by atoms with Crippen molar-refractivity contribution in [3.8, 4) is 0 Å². The SMILES string of the molecule is CCCCSC(C)(C)C(=O)c1ccc(NC(C)=O)cc1. The second kappa shape index (κ2) is 7.48. The fourth-order valence-corrected chi connectivity index (χ4v) is 2.99. The zero-order valence-corrected chi connectivity index (χ0v) is 13.5. The molecule has 1 aromatic carbocycles. The molecule has 4 heteroatoms. The van der Waals surface area contributed by atoms with E-state index in [0.717, 1.165) is 18.6 Å². The number of unbranched alkanes of at least 4 members (excludes halogenated alkanes) is 1. The minimum absolute atomic E-state index is 0.112. The molecule has 0 unspecified atom stereocenters. The largest absolute Gasteiger partial charge is 0.326 e. The van der Waals surface area contributed by atoms with Crippen molar-refractivity contribution in [2.75, 3.05) is 11.1 Å². The Hall–Kier alpha value is -1.29. The summed E-state index contributed by atoms with van der Waals surface area (Å²) in [4.78, 5) is 23.4. The third-order valence-electron chi connectivity index (χ3n) is 2.98. The molecule has 110 valence electrons. The van der Waals surface area contributed by atoms with Gasteiger partial charge in [0.05, 0.1) is 4.75 Å². The number of hydrogen-bond donors (Lipinski definition) is 1. The normalized spacial score (nSPS) is 11.2. The van der Waals surface area contributed by atoms with Gasteiger partial charge < -0.3 is 5.32 Å². The molecule has 0 saturated carbocycles. The van der Waals surface area contributed by atoms with E-state index in [1.165, 1.54) is 6.92 Å². The summed E-state index contributed by atoms with van der Waals surface area (Å²) in [6, 6.07) is 7.08. The van der Waals surface area contributed by atoms with Crippen LogP contribution >= 0.6 is 11.8 Å². The van der Waals surface area contributed by atoms with Crippen LogP contribution in [0.15, 0.2) is 24.3 Å². The van der Waals surface area contributed by atoms with Crippen LogP contribution in [-0.4, -0.2) is 22.2 Å². The average Bonchev–Trinajstić information content (AvgIpc) is 2.38. The maximum absolute atomic E-state index is 12.5. The van der Waals surface area contributed by atoms with E-state index >= 15 is 0 Å². The van der Waals surface area contributed by atoms with Gasteiger partial charge in [0.25, 0.3) is 0 Å². The van der Waals surface area contributed by atoms with Crippen molar-refractivity contribution in [1.82, 2.24) is 0 Å². The quantitative estimate of drug-likeness (QED) is 0.607. The van der Waals surface area contributed by atoms with Crippen molar-refractivity contribution in [2.24, 2.45) is 0 Å². The Bertz CT molecular complexity index is 466. The van der Waals surface area contributed by atoms with Crippen LogP contribution in [0.3, 0.4) is 0 Å². The Morgan fingerprint density at radius 1 is 1.20 bits per heavy atom. The number of ketones is 1. The monoisotopic (exact) mass is 293 g/mol. The van der Waals surface area contributed by atoms with Crippen LogP contribution in [0.1, 0.15) is 50.9 Å². The van der Waals surface area contributed by atoms with E-state index in [1.54, 1.807) is 36.0 Å². The third-order valence-corrected chi connectivity index (χ3v) is 4.37. The van der Waals surface area contributed by atoms with Crippen molar-refractivity contribution in [3.05, 3.63) is 29.8 Å². The molecule has 1 rings (SSSR count). The summed E-state index contributed by atoms with van der Waals surface area (Å²) in [5.74, 6) is 1.02. The van der Waals surface area contributed by atoms with Crippen molar-refractivity contribution in [3.63, 3.8) is 0 Å². The lowest BCUT2D eigenvalue weighted by molar-refractivity contribution is -0.114. The molecule has 0 saturated heterocycles. The van der Waals surface area contributed by atoms with E-state index in [9.17, 15) is 9.59 Å². The zero-order chi connectivity index (χ0) is 15.2. The number of carbonyl (C=O) groups is 2. The molecule has 0 heterocycles. The summed E-state index contributed by atoms with van der Waals surface area (Å²) in [6.45, 7) is 7.55. The number of benzene rings is 1. The van der Waals surface area contributed by atoms with Gasteiger partial charge in [0.2, 0.25) is 5.91 Å². The Balaban J connectivity index is 2.73. The molecule has 1 aromatic rings. The second-order valence-corrected chi connectivity index (χ2v) is 7.02. The molecule has 0 aliphatic rings. The summed E-state index contributed by atoms with van der Waals surface area (Å²) >= 11 is 1.70. The van der Waals surface area contributed by atoms with Crippen LogP contribution in [0.5, 0.6) is 0 Å². The van der Waals surface area contributed by atoms with E-state index in [2.05, 4.69) is 12.2 Å². The number of anilines is 1. The lowest BCUT2D eigenvalue weighted by Gasteiger charge is -2.22. The first-order valence-electron chi connectivity index (χ1n) is 6.93. The Morgan fingerprint density at radius 2 is 1.80 bits per heavy atom. The predicted octanol–water partition coefficient (Wildman–Crippen LogP) is 4.14. The summed E-state index contributed by atoms with van der Waals surface area (Å²) in [5.41, 5.74) is 1.40. The maximum Gasteiger partial charge on any atom is 0.221 e. The van der Waals surface area contributed by atoms with Gasteiger partial charge in [0, 0.05) is 18.2 Å². The minimum Gasteiger partial charge on any atom is -0.326 e. The van der Waals surface area contributed by atoms with Crippen LogP contribution in [0.4, 0.5) is 5.69 Å². The molecule has 3 nitrogen and oxygen atoms in total. The highest BCUT2D eigenvalue weighted by molar-refractivity contribution is 8.01. The lowest BCUT2D eigenvalue weighted by Crippen LogP contribution is -2.28. The molecule has 1 N–H and O–H groups in total. The number of Topliss-reactive ketones (excluding diaryl/α,β-unsaturated/α-hetero) is 1. The van der Waals surface area contributed by atoms with Crippen LogP contribution in [0, 0.1) is 0 Å². The molecule has 0 spiro atoms. The molecule has 0 aliphatic carbocycles. The molecular formula is C16H23NO2S. The molecule has 0 aliphatic heterocycles. The zero-order valence-electron chi connectivity index (χ0n) is 12.7. The Morgan fingerprint density at radius 3 is 2.30 bits per heavy atom.